The highest BCUT2D eigenvalue weighted by Crippen LogP contribution is 2.43. The van der Waals surface area contributed by atoms with Crippen molar-refractivity contribution in [3.8, 4) is 0 Å². The van der Waals surface area contributed by atoms with E-state index < -0.39 is 23.8 Å². The highest BCUT2D eigenvalue weighted by Gasteiger charge is 2.48. The van der Waals surface area contributed by atoms with E-state index in [0.717, 1.165) is 0 Å². The summed E-state index contributed by atoms with van der Waals surface area (Å²) in [6.07, 6.45) is -2.73. The van der Waals surface area contributed by atoms with Crippen molar-refractivity contribution < 1.29 is 18.0 Å². The van der Waals surface area contributed by atoms with Gasteiger partial charge in [0.2, 0.25) is 0 Å². The first-order valence-corrected chi connectivity index (χ1v) is 6.77. The Morgan fingerprint density at radius 2 is 1.90 bits per heavy atom. The van der Waals surface area contributed by atoms with Crippen LogP contribution in [0.4, 0.5) is 18.9 Å². The summed E-state index contributed by atoms with van der Waals surface area (Å²) in [5, 5.41) is 0. The molecular formula is C15H18F3NO. The highest BCUT2D eigenvalue weighted by atomic mass is 19.4. The standard InChI is InChI=1S/C15H18F3NO/c1-9-8-10(19)6-7-11(9)14(20)12-4-2-3-5-13(12)15(16,17)18/h6-8,12-13H,2-5,19H2,1H3. The van der Waals surface area contributed by atoms with Crippen LogP contribution >= 0.6 is 0 Å². The fourth-order valence-corrected chi connectivity index (χ4v) is 3.00. The van der Waals surface area contributed by atoms with Gasteiger partial charge < -0.3 is 5.73 Å². The molecule has 110 valence electrons. The largest absolute Gasteiger partial charge is 0.399 e. The normalized spacial score (nSPS) is 23.6. The molecule has 0 heterocycles. The number of carbonyl (C=O) groups excluding carboxylic acids is 1. The van der Waals surface area contributed by atoms with E-state index in [1.54, 1.807) is 19.1 Å². The number of hydrogen-bond acceptors (Lipinski definition) is 2. The Kier molecular flexibility index (Phi) is 4.06. The van der Waals surface area contributed by atoms with Crippen molar-refractivity contribution in [3.05, 3.63) is 29.3 Å². The van der Waals surface area contributed by atoms with Crippen LogP contribution < -0.4 is 5.73 Å². The molecule has 0 saturated heterocycles. The lowest BCUT2D eigenvalue weighted by atomic mass is 9.74. The molecular weight excluding hydrogens is 267 g/mol. The number of anilines is 1. The number of carbonyl (C=O) groups is 1. The number of nitrogen functional groups attached to an aromatic ring is 1. The second kappa shape index (κ2) is 5.46. The Balaban J connectivity index is 2.30. The number of benzene rings is 1. The van der Waals surface area contributed by atoms with Crippen LogP contribution in [0.3, 0.4) is 0 Å². The van der Waals surface area contributed by atoms with Gasteiger partial charge in [0, 0.05) is 17.2 Å². The third kappa shape index (κ3) is 2.97. The van der Waals surface area contributed by atoms with Crippen molar-refractivity contribution in [1.82, 2.24) is 0 Å². The summed E-state index contributed by atoms with van der Waals surface area (Å²) in [5.74, 6) is -2.86. The van der Waals surface area contributed by atoms with Crippen LogP contribution in [0.25, 0.3) is 0 Å². The Hall–Kier alpha value is -1.52. The Bertz CT molecular complexity index is 510. The summed E-state index contributed by atoms with van der Waals surface area (Å²) in [7, 11) is 0. The lowest BCUT2D eigenvalue weighted by Crippen LogP contribution is -2.37. The minimum absolute atomic E-state index is 0.0495. The molecule has 0 aliphatic heterocycles. The number of alkyl halides is 3. The predicted octanol–water partition coefficient (Wildman–Crippen LogP) is 4.13. The lowest BCUT2D eigenvalue weighted by Gasteiger charge is -2.32. The van der Waals surface area contributed by atoms with Crippen molar-refractivity contribution in [1.29, 1.82) is 0 Å². The monoisotopic (exact) mass is 285 g/mol. The van der Waals surface area contributed by atoms with Gasteiger partial charge in [0.25, 0.3) is 0 Å². The lowest BCUT2D eigenvalue weighted by molar-refractivity contribution is -0.190. The molecule has 2 unspecified atom stereocenters. The van der Waals surface area contributed by atoms with Crippen molar-refractivity contribution in [3.63, 3.8) is 0 Å². The smallest absolute Gasteiger partial charge is 0.392 e. The average molecular weight is 285 g/mol. The van der Waals surface area contributed by atoms with E-state index in [2.05, 4.69) is 0 Å². The Morgan fingerprint density at radius 1 is 1.25 bits per heavy atom. The van der Waals surface area contributed by atoms with E-state index in [1.165, 1.54) is 6.07 Å². The molecule has 5 heteroatoms. The Labute approximate surface area is 116 Å². The van der Waals surface area contributed by atoms with Crippen LogP contribution in [0.5, 0.6) is 0 Å². The summed E-state index contributed by atoms with van der Waals surface area (Å²) in [6, 6.07) is 4.72. The van der Waals surface area contributed by atoms with Crippen LogP contribution in [0.1, 0.15) is 41.6 Å². The van der Waals surface area contributed by atoms with Crippen molar-refractivity contribution in [2.45, 2.75) is 38.8 Å². The number of nitrogens with two attached hydrogens (primary N) is 1. The molecule has 0 radical (unpaired) electrons. The van der Waals surface area contributed by atoms with Gasteiger partial charge in [-0.3, -0.25) is 4.79 Å². The van der Waals surface area contributed by atoms with Gasteiger partial charge >= 0.3 is 6.18 Å². The summed E-state index contributed by atoms with van der Waals surface area (Å²) < 4.78 is 39.2. The Morgan fingerprint density at radius 3 is 2.50 bits per heavy atom. The molecule has 1 aromatic carbocycles. The maximum absolute atomic E-state index is 13.1. The molecule has 0 spiro atoms. The van der Waals surface area contributed by atoms with Gasteiger partial charge in [-0.15, -0.1) is 0 Å². The van der Waals surface area contributed by atoms with E-state index in [0.29, 0.717) is 36.1 Å². The number of ketones is 1. The van der Waals surface area contributed by atoms with E-state index in [4.69, 9.17) is 5.73 Å². The van der Waals surface area contributed by atoms with Gasteiger partial charge in [-0.2, -0.15) is 13.2 Å². The molecule has 2 N–H and O–H groups in total. The molecule has 20 heavy (non-hydrogen) atoms. The topological polar surface area (TPSA) is 43.1 Å². The fraction of sp³-hybridized carbons (Fsp3) is 0.533. The van der Waals surface area contributed by atoms with Crippen LogP contribution in [0.15, 0.2) is 18.2 Å². The first kappa shape index (κ1) is 14.9. The molecule has 1 aromatic rings. The predicted molar refractivity (Wildman–Crippen MR) is 71.4 cm³/mol. The molecule has 0 bridgehead atoms. The zero-order chi connectivity index (χ0) is 14.9. The molecule has 1 fully saturated rings. The number of aryl methyl sites for hydroxylation is 1. The van der Waals surface area contributed by atoms with Crippen molar-refractivity contribution >= 4 is 11.5 Å². The molecule has 1 saturated carbocycles. The van der Waals surface area contributed by atoms with Gasteiger partial charge in [0.05, 0.1) is 5.92 Å². The van der Waals surface area contributed by atoms with E-state index in [-0.39, 0.29) is 6.42 Å². The third-order valence-electron chi connectivity index (χ3n) is 4.04. The number of hydrogen-bond donors (Lipinski definition) is 1. The van der Waals surface area contributed by atoms with Crippen LogP contribution in [-0.4, -0.2) is 12.0 Å². The second-order valence-corrected chi connectivity index (χ2v) is 5.48. The summed E-state index contributed by atoms with van der Waals surface area (Å²) >= 11 is 0. The summed E-state index contributed by atoms with van der Waals surface area (Å²) in [5.41, 5.74) is 7.12. The number of halogens is 3. The van der Waals surface area contributed by atoms with Gasteiger partial charge in [-0.05, 0) is 43.5 Å². The molecule has 0 aromatic heterocycles. The SMILES string of the molecule is Cc1cc(N)ccc1C(=O)C1CCCCC1C(F)(F)F. The number of Topliss-reactive ketones (excluding diaryl/α,β-unsaturated/α-hetero) is 1. The molecule has 0 amide bonds. The van der Waals surface area contributed by atoms with Gasteiger partial charge in [0.1, 0.15) is 0 Å². The molecule has 2 rings (SSSR count). The van der Waals surface area contributed by atoms with Gasteiger partial charge in [0.15, 0.2) is 5.78 Å². The van der Waals surface area contributed by atoms with Crippen LogP contribution in [0, 0.1) is 18.8 Å². The molecule has 2 nitrogen and oxygen atoms in total. The quantitative estimate of drug-likeness (QED) is 0.656. The second-order valence-electron chi connectivity index (χ2n) is 5.48. The minimum atomic E-state index is -4.30. The summed E-state index contributed by atoms with van der Waals surface area (Å²) in [4.78, 5) is 12.4. The summed E-state index contributed by atoms with van der Waals surface area (Å²) in [6.45, 7) is 1.70. The number of rotatable bonds is 2. The van der Waals surface area contributed by atoms with E-state index >= 15 is 0 Å². The molecule has 2 atom stereocenters. The van der Waals surface area contributed by atoms with E-state index in [1.807, 2.05) is 0 Å². The molecule has 1 aliphatic rings. The highest BCUT2D eigenvalue weighted by molar-refractivity contribution is 5.99. The zero-order valence-corrected chi connectivity index (χ0v) is 11.3. The van der Waals surface area contributed by atoms with E-state index in [9.17, 15) is 18.0 Å². The van der Waals surface area contributed by atoms with Crippen LogP contribution in [0.2, 0.25) is 0 Å². The first-order chi connectivity index (χ1) is 9.30. The minimum Gasteiger partial charge on any atom is -0.399 e. The maximum atomic E-state index is 13.1. The fourth-order valence-electron chi connectivity index (χ4n) is 3.00. The maximum Gasteiger partial charge on any atom is 0.392 e. The van der Waals surface area contributed by atoms with Crippen LogP contribution in [-0.2, 0) is 0 Å². The van der Waals surface area contributed by atoms with Crippen molar-refractivity contribution in [2.75, 3.05) is 5.73 Å². The third-order valence-corrected chi connectivity index (χ3v) is 4.04. The zero-order valence-electron chi connectivity index (χ0n) is 11.3. The van der Waals surface area contributed by atoms with Gasteiger partial charge in [-0.1, -0.05) is 12.8 Å². The first-order valence-electron chi connectivity index (χ1n) is 6.77. The molecule has 1 aliphatic carbocycles. The van der Waals surface area contributed by atoms with Crippen molar-refractivity contribution in [2.24, 2.45) is 11.8 Å². The van der Waals surface area contributed by atoms with Gasteiger partial charge in [-0.25, -0.2) is 0 Å². The average Bonchev–Trinajstić information content (AvgIpc) is 2.37.